The monoisotopic (exact) mass is 220 g/mol. The average molecular weight is 221 g/mol. The van der Waals surface area contributed by atoms with E-state index in [4.69, 9.17) is 11.6 Å². The lowest BCUT2D eigenvalue weighted by molar-refractivity contribution is 0.447. The molecule has 0 aliphatic rings. The second-order valence-electron chi connectivity index (χ2n) is 2.84. The van der Waals surface area contributed by atoms with E-state index in [0.717, 1.165) is 12.1 Å². The molecule has 1 unspecified atom stereocenters. The lowest BCUT2D eigenvalue weighted by Gasteiger charge is -1.98. The molecule has 0 aliphatic carbocycles. The van der Waals surface area contributed by atoms with Crippen molar-refractivity contribution in [2.24, 2.45) is 0 Å². The summed E-state index contributed by atoms with van der Waals surface area (Å²) in [6.07, 6.45) is 2.98. The van der Waals surface area contributed by atoms with Gasteiger partial charge in [0.25, 0.3) is 0 Å². The van der Waals surface area contributed by atoms with Gasteiger partial charge in [-0.3, -0.25) is 0 Å². The van der Waals surface area contributed by atoms with E-state index in [-0.39, 0.29) is 10.9 Å². The minimum Gasteiger partial charge on any atom is -0.204 e. The topological polar surface area (TPSA) is 0 Å². The number of allylic oxidation sites excluding steroid dienone is 1. The van der Waals surface area contributed by atoms with Crippen LogP contribution < -0.4 is 0 Å². The molecule has 14 heavy (non-hydrogen) atoms. The molecule has 1 atom stereocenters. The van der Waals surface area contributed by atoms with E-state index >= 15 is 0 Å². The molecule has 0 amide bonds. The third kappa shape index (κ3) is 2.77. The van der Waals surface area contributed by atoms with Crippen molar-refractivity contribution in [2.45, 2.75) is 12.3 Å². The fraction of sp³-hybridized carbons (Fsp3) is 0.200. The Morgan fingerprint density at radius 3 is 2.14 bits per heavy atom. The van der Waals surface area contributed by atoms with Crippen molar-refractivity contribution in [1.29, 1.82) is 0 Å². The van der Waals surface area contributed by atoms with Gasteiger partial charge in [0.05, 0.1) is 0 Å². The Kier molecular flexibility index (Phi) is 3.58. The zero-order chi connectivity index (χ0) is 10.7. The maximum absolute atomic E-state index is 12.7. The molecule has 1 aromatic rings. The predicted octanol–water partition coefficient (Wildman–Crippen LogP) is 3.74. The van der Waals surface area contributed by atoms with Gasteiger partial charge in [-0.2, -0.15) is 0 Å². The molecule has 0 spiro atoms. The molecule has 4 heteroatoms. The van der Waals surface area contributed by atoms with E-state index < -0.39 is 17.5 Å². The first-order chi connectivity index (χ1) is 6.50. The lowest BCUT2D eigenvalue weighted by Crippen LogP contribution is -1.91. The third-order valence-corrected chi connectivity index (χ3v) is 1.71. The van der Waals surface area contributed by atoms with Crippen LogP contribution in [-0.2, 0) is 0 Å². The van der Waals surface area contributed by atoms with Crippen LogP contribution in [0.5, 0.6) is 0 Å². The molecule has 0 nitrogen and oxygen atoms in total. The highest BCUT2D eigenvalue weighted by molar-refractivity contribution is 6.21. The van der Waals surface area contributed by atoms with Crippen molar-refractivity contribution in [3.8, 4) is 0 Å². The summed E-state index contributed by atoms with van der Waals surface area (Å²) >= 11 is 5.59. The first-order valence-corrected chi connectivity index (χ1v) is 4.41. The van der Waals surface area contributed by atoms with Crippen molar-refractivity contribution in [1.82, 2.24) is 0 Å². The SMILES string of the molecule is CC(Cl)/C=C/c1cc(F)c(F)c(F)c1. The van der Waals surface area contributed by atoms with Gasteiger partial charge in [0, 0.05) is 5.38 Å². The summed E-state index contributed by atoms with van der Waals surface area (Å²) in [5.74, 6) is -3.86. The Morgan fingerprint density at radius 1 is 1.21 bits per heavy atom. The maximum atomic E-state index is 12.7. The van der Waals surface area contributed by atoms with Crippen molar-refractivity contribution >= 4 is 17.7 Å². The molecule has 0 saturated heterocycles. The van der Waals surface area contributed by atoms with Crippen molar-refractivity contribution < 1.29 is 13.2 Å². The fourth-order valence-electron chi connectivity index (χ4n) is 0.915. The second-order valence-corrected chi connectivity index (χ2v) is 3.52. The summed E-state index contributed by atoms with van der Waals surface area (Å²) in [4.78, 5) is 0. The largest absolute Gasteiger partial charge is 0.204 e. The van der Waals surface area contributed by atoms with Gasteiger partial charge in [-0.1, -0.05) is 12.2 Å². The molecule has 1 aromatic carbocycles. The number of halogens is 4. The Balaban J connectivity index is 3.01. The van der Waals surface area contributed by atoms with Crippen LogP contribution in [0.3, 0.4) is 0 Å². The molecular formula is C10H8ClF3. The minimum atomic E-state index is -1.46. The zero-order valence-corrected chi connectivity index (χ0v) is 8.15. The standard InChI is InChI=1S/C10H8ClF3/c1-6(11)2-3-7-4-8(12)10(14)9(13)5-7/h2-6H,1H3/b3-2+. The molecule has 0 heterocycles. The molecule has 76 valence electrons. The van der Waals surface area contributed by atoms with E-state index in [1.165, 1.54) is 6.08 Å². The van der Waals surface area contributed by atoms with Crippen LogP contribution in [0.1, 0.15) is 12.5 Å². The van der Waals surface area contributed by atoms with Crippen molar-refractivity contribution in [3.63, 3.8) is 0 Å². The highest BCUT2D eigenvalue weighted by Gasteiger charge is 2.08. The van der Waals surface area contributed by atoms with Crippen LogP contribution in [0.2, 0.25) is 0 Å². The first-order valence-electron chi connectivity index (χ1n) is 3.97. The van der Waals surface area contributed by atoms with Gasteiger partial charge in [-0.25, -0.2) is 13.2 Å². The van der Waals surface area contributed by atoms with Gasteiger partial charge in [0.2, 0.25) is 0 Å². The summed E-state index contributed by atoms with van der Waals surface area (Å²) < 4.78 is 37.9. The number of hydrogen-bond acceptors (Lipinski definition) is 0. The molecule has 0 radical (unpaired) electrons. The van der Waals surface area contributed by atoms with E-state index in [1.54, 1.807) is 13.0 Å². The van der Waals surface area contributed by atoms with Gasteiger partial charge < -0.3 is 0 Å². The first kappa shape index (κ1) is 11.1. The molecular weight excluding hydrogens is 213 g/mol. The normalized spacial score (nSPS) is 13.5. The Hall–Kier alpha value is -0.960. The molecule has 0 aromatic heterocycles. The summed E-state index contributed by atoms with van der Waals surface area (Å²) in [5, 5.41) is -0.244. The summed E-state index contributed by atoms with van der Waals surface area (Å²) in [7, 11) is 0. The van der Waals surface area contributed by atoms with Gasteiger partial charge >= 0.3 is 0 Å². The second kappa shape index (κ2) is 4.51. The summed E-state index contributed by atoms with van der Waals surface area (Å²) in [5.41, 5.74) is 0.244. The number of benzene rings is 1. The van der Waals surface area contributed by atoms with E-state index in [2.05, 4.69) is 0 Å². The fourth-order valence-corrected chi connectivity index (χ4v) is 0.988. The van der Waals surface area contributed by atoms with Crippen molar-refractivity contribution in [3.05, 3.63) is 41.2 Å². The van der Waals surface area contributed by atoms with Gasteiger partial charge in [-0.05, 0) is 24.6 Å². The van der Waals surface area contributed by atoms with E-state index in [1.807, 2.05) is 0 Å². The predicted molar refractivity (Wildman–Crippen MR) is 50.7 cm³/mol. The number of hydrogen-bond donors (Lipinski definition) is 0. The Labute approximate surface area is 85.0 Å². The zero-order valence-electron chi connectivity index (χ0n) is 7.40. The Morgan fingerprint density at radius 2 is 1.71 bits per heavy atom. The molecule has 0 N–H and O–H groups in total. The molecule has 0 saturated carbocycles. The van der Waals surface area contributed by atoms with Crippen LogP contribution in [0.25, 0.3) is 6.08 Å². The molecule has 1 rings (SSSR count). The van der Waals surface area contributed by atoms with Gasteiger partial charge in [-0.15, -0.1) is 11.6 Å². The number of rotatable bonds is 2. The summed E-state index contributed by atoms with van der Waals surface area (Å²) in [6, 6.07) is 1.82. The van der Waals surface area contributed by atoms with Crippen LogP contribution in [0.4, 0.5) is 13.2 Å². The lowest BCUT2D eigenvalue weighted by atomic mass is 10.2. The smallest absolute Gasteiger partial charge is 0.194 e. The highest BCUT2D eigenvalue weighted by Crippen LogP contribution is 2.15. The van der Waals surface area contributed by atoms with Crippen LogP contribution >= 0.6 is 11.6 Å². The van der Waals surface area contributed by atoms with Gasteiger partial charge in [0.15, 0.2) is 17.5 Å². The number of alkyl halides is 1. The van der Waals surface area contributed by atoms with Crippen LogP contribution in [-0.4, -0.2) is 5.38 Å². The van der Waals surface area contributed by atoms with Crippen molar-refractivity contribution in [2.75, 3.05) is 0 Å². The summed E-state index contributed by atoms with van der Waals surface area (Å²) in [6.45, 7) is 1.70. The van der Waals surface area contributed by atoms with E-state index in [9.17, 15) is 13.2 Å². The highest BCUT2D eigenvalue weighted by atomic mass is 35.5. The van der Waals surface area contributed by atoms with Crippen LogP contribution in [0.15, 0.2) is 18.2 Å². The maximum Gasteiger partial charge on any atom is 0.194 e. The molecule has 0 bridgehead atoms. The van der Waals surface area contributed by atoms with Crippen LogP contribution in [0, 0.1) is 17.5 Å². The minimum absolute atomic E-state index is 0.244. The molecule has 0 fully saturated rings. The average Bonchev–Trinajstić information content (AvgIpc) is 2.10. The quantitative estimate of drug-likeness (QED) is 0.526. The third-order valence-electron chi connectivity index (χ3n) is 1.56. The van der Waals surface area contributed by atoms with E-state index in [0.29, 0.717) is 0 Å². The Bertz CT molecular complexity index is 335. The molecule has 0 aliphatic heterocycles. The van der Waals surface area contributed by atoms with Gasteiger partial charge in [0.1, 0.15) is 0 Å².